The number of hydrogen-bond donors (Lipinski definition) is 2. The van der Waals surface area contributed by atoms with Gasteiger partial charge in [0.05, 0.1) is 0 Å². The van der Waals surface area contributed by atoms with Gasteiger partial charge < -0.3 is 5.32 Å². The molecule has 0 bridgehead atoms. The largest absolute Gasteiger partial charge is 0.355 e. The Balaban J connectivity index is 3.87. The molecule has 0 atom stereocenters. The van der Waals surface area contributed by atoms with E-state index in [1.165, 1.54) is 0 Å². The SMILES string of the molecule is CCC(C)(CC)CC(=O)NCCS. The molecular weight excluding hydrogens is 182 g/mol. The van der Waals surface area contributed by atoms with E-state index >= 15 is 0 Å². The lowest BCUT2D eigenvalue weighted by molar-refractivity contribution is -0.123. The van der Waals surface area contributed by atoms with Crippen LogP contribution in [-0.4, -0.2) is 18.2 Å². The Kier molecular flexibility index (Phi) is 6.21. The fourth-order valence-electron chi connectivity index (χ4n) is 1.15. The number of carbonyl (C=O) groups is 1. The summed E-state index contributed by atoms with van der Waals surface area (Å²) in [7, 11) is 0. The lowest BCUT2D eigenvalue weighted by Crippen LogP contribution is -2.30. The van der Waals surface area contributed by atoms with E-state index in [1.807, 2.05) is 0 Å². The van der Waals surface area contributed by atoms with E-state index in [9.17, 15) is 4.79 Å². The molecule has 0 heterocycles. The molecule has 78 valence electrons. The highest BCUT2D eigenvalue weighted by molar-refractivity contribution is 7.80. The zero-order valence-electron chi connectivity index (χ0n) is 8.89. The number of rotatable bonds is 6. The molecule has 2 nitrogen and oxygen atoms in total. The molecule has 13 heavy (non-hydrogen) atoms. The van der Waals surface area contributed by atoms with Gasteiger partial charge in [-0.15, -0.1) is 0 Å². The highest BCUT2D eigenvalue weighted by atomic mass is 32.1. The van der Waals surface area contributed by atoms with Crippen LogP contribution >= 0.6 is 12.6 Å². The van der Waals surface area contributed by atoms with Crippen LogP contribution in [-0.2, 0) is 4.79 Å². The smallest absolute Gasteiger partial charge is 0.220 e. The third-order valence-electron chi connectivity index (χ3n) is 2.73. The van der Waals surface area contributed by atoms with Crippen LogP contribution in [0.3, 0.4) is 0 Å². The molecule has 0 unspecified atom stereocenters. The van der Waals surface area contributed by atoms with Gasteiger partial charge in [0.25, 0.3) is 0 Å². The van der Waals surface area contributed by atoms with Crippen LogP contribution < -0.4 is 5.32 Å². The minimum absolute atomic E-state index is 0.153. The van der Waals surface area contributed by atoms with Crippen LogP contribution in [0.5, 0.6) is 0 Å². The molecule has 0 aromatic heterocycles. The molecule has 3 heteroatoms. The van der Waals surface area contributed by atoms with E-state index in [-0.39, 0.29) is 11.3 Å². The molecule has 1 N–H and O–H groups in total. The predicted molar refractivity (Wildman–Crippen MR) is 60.2 cm³/mol. The summed E-state index contributed by atoms with van der Waals surface area (Å²) in [6.07, 6.45) is 2.74. The van der Waals surface area contributed by atoms with Crippen LogP contribution in [0.4, 0.5) is 0 Å². The molecule has 0 saturated heterocycles. The van der Waals surface area contributed by atoms with Crippen LogP contribution in [0.25, 0.3) is 0 Å². The minimum Gasteiger partial charge on any atom is -0.355 e. The van der Waals surface area contributed by atoms with Gasteiger partial charge in [-0.05, 0) is 5.41 Å². The Hall–Kier alpha value is -0.180. The highest BCUT2D eigenvalue weighted by Crippen LogP contribution is 2.29. The van der Waals surface area contributed by atoms with Gasteiger partial charge in [-0.25, -0.2) is 0 Å². The molecule has 0 aliphatic carbocycles. The van der Waals surface area contributed by atoms with Gasteiger partial charge >= 0.3 is 0 Å². The summed E-state index contributed by atoms with van der Waals surface area (Å²) in [6.45, 7) is 7.10. The van der Waals surface area contributed by atoms with Gasteiger partial charge in [-0.2, -0.15) is 12.6 Å². The van der Waals surface area contributed by atoms with E-state index in [4.69, 9.17) is 0 Å². The second kappa shape index (κ2) is 6.30. The van der Waals surface area contributed by atoms with E-state index in [2.05, 4.69) is 38.7 Å². The van der Waals surface area contributed by atoms with Crippen molar-refractivity contribution in [1.82, 2.24) is 5.32 Å². The Bertz CT molecular complexity index is 155. The maximum absolute atomic E-state index is 11.4. The molecule has 0 aromatic rings. The standard InChI is InChI=1S/C10H21NOS/c1-4-10(3,5-2)8-9(12)11-6-7-13/h13H,4-8H2,1-3H3,(H,11,12). The van der Waals surface area contributed by atoms with Crippen LogP contribution in [0.2, 0.25) is 0 Å². The van der Waals surface area contributed by atoms with E-state index in [1.54, 1.807) is 0 Å². The molecule has 0 aliphatic heterocycles. The second-order valence-corrected chi connectivity index (χ2v) is 4.22. The van der Waals surface area contributed by atoms with E-state index < -0.39 is 0 Å². The van der Waals surface area contributed by atoms with Crippen molar-refractivity contribution in [3.05, 3.63) is 0 Å². The molecule has 0 radical (unpaired) electrons. The Labute approximate surface area is 86.9 Å². The van der Waals surface area contributed by atoms with Gasteiger partial charge in [0.15, 0.2) is 0 Å². The number of amides is 1. The van der Waals surface area contributed by atoms with Crippen LogP contribution in [0.15, 0.2) is 0 Å². The average Bonchev–Trinajstić information content (AvgIpc) is 2.14. The van der Waals surface area contributed by atoms with Gasteiger partial charge in [-0.1, -0.05) is 33.6 Å². The summed E-state index contributed by atoms with van der Waals surface area (Å²) in [5.41, 5.74) is 0.167. The summed E-state index contributed by atoms with van der Waals surface area (Å²) in [4.78, 5) is 11.4. The number of hydrogen-bond acceptors (Lipinski definition) is 2. The first-order chi connectivity index (χ1) is 6.08. The lowest BCUT2D eigenvalue weighted by Gasteiger charge is -2.25. The van der Waals surface area contributed by atoms with Crippen molar-refractivity contribution in [2.45, 2.75) is 40.0 Å². The van der Waals surface area contributed by atoms with Crippen molar-refractivity contribution in [3.8, 4) is 0 Å². The first-order valence-electron chi connectivity index (χ1n) is 4.95. The van der Waals surface area contributed by atoms with Crippen molar-refractivity contribution in [2.24, 2.45) is 5.41 Å². The molecule has 0 aliphatic rings. The zero-order chi connectivity index (χ0) is 10.3. The van der Waals surface area contributed by atoms with E-state index in [0.717, 1.165) is 12.8 Å². The van der Waals surface area contributed by atoms with Gasteiger partial charge in [-0.3, -0.25) is 4.79 Å². The zero-order valence-corrected chi connectivity index (χ0v) is 9.79. The molecule has 0 saturated carbocycles. The third kappa shape index (κ3) is 5.19. The van der Waals surface area contributed by atoms with Crippen LogP contribution in [0, 0.1) is 5.41 Å². The highest BCUT2D eigenvalue weighted by Gasteiger charge is 2.22. The first kappa shape index (κ1) is 12.8. The number of thiol groups is 1. The summed E-state index contributed by atoms with van der Waals surface area (Å²) in [5.74, 6) is 0.862. The van der Waals surface area contributed by atoms with Crippen molar-refractivity contribution in [2.75, 3.05) is 12.3 Å². The number of nitrogens with one attached hydrogen (secondary N) is 1. The summed E-state index contributed by atoms with van der Waals surface area (Å²) in [6, 6.07) is 0. The molecule has 0 spiro atoms. The minimum atomic E-state index is 0.153. The third-order valence-corrected chi connectivity index (χ3v) is 2.95. The Morgan fingerprint density at radius 3 is 2.31 bits per heavy atom. The predicted octanol–water partition coefficient (Wildman–Crippen LogP) is 2.25. The summed E-state index contributed by atoms with van der Waals surface area (Å²) < 4.78 is 0. The second-order valence-electron chi connectivity index (χ2n) is 3.77. The maximum atomic E-state index is 11.4. The molecule has 0 aromatic carbocycles. The monoisotopic (exact) mass is 203 g/mol. The van der Waals surface area contributed by atoms with Gasteiger partial charge in [0.2, 0.25) is 5.91 Å². The first-order valence-corrected chi connectivity index (χ1v) is 5.58. The lowest BCUT2D eigenvalue weighted by atomic mass is 9.81. The van der Waals surface area contributed by atoms with Crippen molar-refractivity contribution in [3.63, 3.8) is 0 Å². The van der Waals surface area contributed by atoms with Crippen molar-refractivity contribution < 1.29 is 4.79 Å². The normalized spacial score (nSPS) is 11.4. The van der Waals surface area contributed by atoms with Gasteiger partial charge in [0, 0.05) is 18.7 Å². The average molecular weight is 203 g/mol. The quantitative estimate of drug-likeness (QED) is 0.637. The van der Waals surface area contributed by atoms with E-state index in [0.29, 0.717) is 18.7 Å². The topological polar surface area (TPSA) is 29.1 Å². The number of carbonyl (C=O) groups excluding carboxylic acids is 1. The molecule has 0 fully saturated rings. The Morgan fingerprint density at radius 1 is 1.38 bits per heavy atom. The molecule has 1 amide bonds. The van der Waals surface area contributed by atoms with Crippen molar-refractivity contribution >= 4 is 18.5 Å². The Morgan fingerprint density at radius 2 is 1.92 bits per heavy atom. The fraction of sp³-hybridized carbons (Fsp3) is 0.900. The molecule has 0 rings (SSSR count). The summed E-state index contributed by atoms with van der Waals surface area (Å²) in [5, 5.41) is 2.84. The molecular formula is C10H21NOS. The van der Waals surface area contributed by atoms with Gasteiger partial charge in [0.1, 0.15) is 0 Å². The van der Waals surface area contributed by atoms with Crippen molar-refractivity contribution in [1.29, 1.82) is 0 Å². The summed E-state index contributed by atoms with van der Waals surface area (Å²) >= 11 is 4.04. The van der Waals surface area contributed by atoms with Crippen LogP contribution in [0.1, 0.15) is 40.0 Å². The fourth-order valence-corrected chi connectivity index (χ4v) is 1.26. The maximum Gasteiger partial charge on any atom is 0.220 e.